The van der Waals surface area contributed by atoms with Crippen LogP contribution < -0.4 is 0 Å². The summed E-state index contributed by atoms with van der Waals surface area (Å²) < 4.78 is 0. The smallest absolute Gasteiger partial charge is 0.265 e. The van der Waals surface area contributed by atoms with Gasteiger partial charge < -0.3 is 0 Å². The van der Waals surface area contributed by atoms with Crippen LogP contribution in [-0.4, -0.2) is 10.9 Å². The third-order valence-corrected chi connectivity index (χ3v) is 1.28. The first-order valence-electron chi connectivity index (χ1n) is 2.78. The van der Waals surface area contributed by atoms with Gasteiger partial charge in [0.2, 0.25) is 0 Å². The van der Waals surface area contributed by atoms with Crippen LogP contribution >= 0.6 is 0 Å². The number of azo groups is 1. The molecule has 4 nitrogen and oxygen atoms in total. The standard InChI is InChI=1S/C6H3N3O/c10-6-4-3-7-2-1-5(4)8-9-6/h1-3H. The summed E-state index contributed by atoms with van der Waals surface area (Å²) in [4.78, 5) is 14.5. The molecular formula is C6H3N3O. The van der Waals surface area contributed by atoms with E-state index in [-0.39, 0.29) is 5.91 Å². The lowest BCUT2D eigenvalue weighted by Crippen LogP contribution is -1.88. The van der Waals surface area contributed by atoms with Gasteiger partial charge in [-0.1, -0.05) is 0 Å². The van der Waals surface area contributed by atoms with Gasteiger partial charge in [0.05, 0.1) is 5.56 Å². The molecule has 2 rings (SSSR count). The van der Waals surface area contributed by atoms with E-state index in [4.69, 9.17) is 0 Å². The van der Waals surface area contributed by atoms with Gasteiger partial charge in [-0.3, -0.25) is 9.78 Å². The Balaban J connectivity index is 2.70. The topological polar surface area (TPSA) is 54.7 Å². The van der Waals surface area contributed by atoms with Crippen molar-refractivity contribution >= 4 is 11.6 Å². The van der Waals surface area contributed by atoms with Crippen LogP contribution in [0.25, 0.3) is 0 Å². The second-order valence-electron chi connectivity index (χ2n) is 1.90. The molecule has 0 N–H and O–H groups in total. The molecule has 0 spiro atoms. The van der Waals surface area contributed by atoms with Gasteiger partial charge in [-0.2, -0.15) is 0 Å². The molecule has 48 valence electrons. The maximum Gasteiger partial charge on any atom is 0.299 e. The number of amides is 1. The van der Waals surface area contributed by atoms with E-state index in [2.05, 4.69) is 15.2 Å². The number of aromatic nitrogens is 1. The first-order valence-corrected chi connectivity index (χ1v) is 2.78. The number of rotatable bonds is 0. The van der Waals surface area contributed by atoms with E-state index in [9.17, 15) is 4.79 Å². The minimum atomic E-state index is -0.303. The number of pyridine rings is 1. The lowest BCUT2D eigenvalue weighted by atomic mass is 10.2. The predicted octanol–water partition coefficient (Wildman–Crippen LogP) is 1.32. The van der Waals surface area contributed by atoms with Gasteiger partial charge in [0.25, 0.3) is 5.91 Å². The zero-order valence-corrected chi connectivity index (χ0v) is 4.98. The van der Waals surface area contributed by atoms with E-state index < -0.39 is 0 Å². The molecular weight excluding hydrogens is 130 g/mol. The van der Waals surface area contributed by atoms with Gasteiger partial charge in [-0.05, 0) is 6.07 Å². The van der Waals surface area contributed by atoms with Crippen molar-refractivity contribution in [2.24, 2.45) is 10.2 Å². The average molecular weight is 133 g/mol. The fourth-order valence-corrected chi connectivity index (χ4v) is 0.792. The highest BCUT2D eigenvalue weighted by molar-refractivity contribution is 6.01. The summed E-state index contributed by atoms with van der Waals surface area (Å²) in [6, 6.07) is 1.66. The Morgan fingerprint density at radius 3 is 3.00 bits per heavy atom. The minimum absolute atomic E-state index is 0.303. The number of hydrogen-bond donors (Lipinski definition) is 0. The van der Waals surface area contributed by atoms with E-state index in [1.807, 2.05) is 0 Å². The van der Waals surface area contributed by atoms with Gasteiger partial charge in [-0.15, -0.1) is 10.2 Å². The molecule has 0 aromatic carbocycles. The summed E-state index contributed by atoms with van der Waals surface area (Å²) in [5.41, 5.74) is 1.10. The summed E-state index contributed by atoms with van der Waals surface area (Å²) in [6.07, 6.45) is 3.05. The predicted molar refractivity (Wildman–Crippen MR) is 33.1 cm³/mol. The average Bonchev–Trinajstić information content (AvgIpc) is 2.34. The second-order valence-corrected chi connectivity index (χ2v) is 1.90. The van der Waals surface area contributed by atoms with E-state index in [0.717, 1.165) is 0 Å². The molecule has 0 unspecified atom stereocenters. The summed E-state index contributed by atoms with van der Waals surface area (Å²) in [5.74, 6) is -0.303. The Labute approximate surface area is 56.6 Å². The number of fused-ring (bicyclic) bond motifs is 1. The van der Waals surface area contributed by atoms with Crippen molar-refractivity contribution in [1.29, 1.82) is 0 Å². The molecule has 1 aliphatic heterocycles. The number of hydrogen-bond acceptors (Lipinski definition) is 3. The van der Waals surface area contributed by atoms with E-state index in [0.29, 0.717) is 11.3 Å². The normalized spacial score (nSPS) is 13.8. The fraction of sp³-hybridized carbons (Fsp3) is 0. The molecule has 0 saturated carbocycles. The van der Waals surface area contributed by atoms with E-state index >= 15 is 0 Å². The third kappa shape index (κ3) is 0.556. The molecule has 0 saturated heterocycles. The highest BCUT2D eigenvalue weighted by atomic mass is 16.2. The zero-order chi connectivity index (χ0) is 6.97. The first kappa shape index (κ1) is 5.22. The summed E-state index contributed by atoms with van der Waals surface area (Å²) >= 11 is 0. The molecule has 1 aromatic rings. The fourth-order valence-electron chi connectivity index (χ4n) is 0.792. The number of carbonyl (C=O) groups is 1. The van der Waals surface area contributed by atoms with Crippen LogP contribution in [0.1, 0.15) is 10.4 Å². The minimum Gasteiger partial charge on any atom is -0.265 e. The van der Waals surface area contributed by atoms with Crippen LogP contribution in [0, 0.1) is 0 Å². The van der Waals surface area contributed by atoms with Gasteiger partial charge in [0, 0.05) is 12.4 Å². The lowest BCUT2D eigenvalue weighted by Gasteiger charge is -1.87. The number of nitrogens with zero attached hydrogens (tertiary/aromatic N) is 3. The second kappa shape index (κ2) is 1.70. The van der Waals surface area contributed by atoms with Gasteiger partial charge in [-0.25, -0.2) is 0 Å². The molecule has 0 radical (unpaired) electrons. The Morgan fingerprint density at radius 1 is 1.30 bits per heavy atom. The van der Waals surface area contributed by atoms with Crippen LogP contribution in [-0.2, 0) is 0 Å². The van der Waals surface area contributed by atoms with Crippen molar-refractivity contribution in [2.75, 3.05) is 0 Å². The molecule has 10 heavy (non-hydrogen) atoms. The Hall–Kier alpha value is -1.58. The summed E-state index contributed by atoms with van der Waals surface area (Å²) in [5, 5.41) is 6.97. The molecule has 0 fully saturated rings. The molecule has 1 aromatic heterocycles. The SMILES string of the molecule is O=C1N=Nc2ccncc21. The highest BCUT2D eigenvalue weighted by Gasteiger charge is 2.15. The maximum absolute atomic E-state index is 10.8. The lowest BCUT2D eigenvalue weighted by molar-refractivity contribution is 0.100. The van der Waals surface area contributed by atoms with Crippen LogP contribution in [0.5, 0.6) is 0 Å². The summed E-state index contributed by atoms with van der Waals surface area (Å²) in [7, 11) is 0. The molecule has 4 heteroatoms. The first-order chi connectivity index (χ1) is 4.88. The quantitative estimate of drug-likeness (QED) is 0.535. The van der Waals surface area contributed by atoms with E-state index in [1.165, 1.54) is 6.20 Å². The Kier molecular flexibility index (Phi) is 0.887. The van der Waals surface area contributed by atoms with Crippen molar-refractivity contribution in [1.82, 2.24) is 4.98 Å². The van der Waals surface area contributed by atoms with Crippen LogP contribution in [0.3, 0.4) is 0 Å². The molecule has 0 atom stereocenters. The van der Waals surface area contributed by atoms with Crippen molar-refractivity contribution in [2.45, 2.75) is 0 Å². The monoisotopic (exact) mass is 133 g/mol. The van der Waals surface area contributed by atoms with Gasteiger partial charge in [0.15, 0.2) is 0 Å². The van der Waals surface area contributed by atoms with Crippen LogP contribution in [0.15, 0.2) is 28.7 Å². The van der Waals surface area contributed by atoms with Crippen molar-refractivity contribution in [3.05, 3.63) is 24.0 Å². The van der Waals surface area contributed by atoms with Crippen LogP contribution in [0.2, 0.25) is 0 Å². The highest BCUT2D eigenvalue weighted by Crippen LogP contribution is 2.24. The number of carbonyl (C=O) groups excluding carboxylic acids is 1. The molecule has 1 aliphatic rings. The van der Waals surface area contributed by atoms with Crippen molar-refractivity contribution in [3.63, 3.8) is 0 Å². The maximum atomic E-state index is 10.8. The third-order valence-electron chi connectivity index (χ3n) is 1.28. The largest absolute Gasteiger partial charge is 0.299 e. The zero-order valence-electron chi connectivity index (χ0n) is 4.98. The van der Waals surface area contributed by atoms with Crippen molar-refractivity contribution in [3.8, 4) is 0 Å². The van der Waals surface area contributed by atoms with Crippen LogP contribution in [0.4, 0.5) is 5.69 Å². The molecule has 2 heterocycles. The van der Waals surface area contributed by atoms with Gasteiger partial charge in [0.1, 0.15) is 5.69 Å². The van der Waals surface area contributed by atoms with E-state index in [1.54, 1.807) is 12.3 Å². The van der Waals surface area contributed by atoms with Crippen molar-refractivity contribution < 1.29 is 4.79 Å². The van der Waals surface area contributed by atoms with Gasteiger partial charge >= 0.3 is 0 Å². The molecule has 0 bridgehead atoms. The summed E-state index contributed by atoms with van der Waals surface area (Å²) in [6.45, 7) is 0. The molecule has 0 aliphatic carbocycles. The Morgan fingerprint density at radius 2 is 2.20 bits per heavy atom. The molecule has 1 amide bonds. The Bertz CT molecular complexity index is 319.